The van der Waals surface area contributed by atoms with Gasteiger partial charge in [0.2, 0.25) is 0 Å². The highest BCUT2D eigenvalue weighted by Gasteiger charge is 2.65. The standard InChI is InChI=1S/C12H12F3NO2/c1-18-10(17)6-8-2-3-9(16-7-8)11(4-5-11)12(13,14)15/h2-3,7H,4-6H2,1H3. The molecule has 0 aliphatic heterocycles. The smallest absolute Gasteiger partial charge is 0.399 e. The van der Waals surface area contributed by atoms with Crippen LogP contribution < -0.4 is 0 Å². The van der Waals surface area contributed by atoms with Gasteiger partial charge in [0.15, 0.2) is 0 Å². The van der Waals surface area contributed by atoms with Gasteiger partial charge in [-0.3, -0.25) is 9.78 Å². The lowest BCUT2D eigenvalue weighted by Gasteiger charge is -2.18. The van der Waals surface area contributed by atoms with Crippen molar-refractivity contribution in [3.05, 3.63) is 29.6 Å². The van der Waals surface area contributed by atoms with E-state index in [-0.39, 0.29) is 25.0 Å². The molecule has 0 aromatic carbocycles. The Morgan fingerprint density at radius 3 is 2.50 bits per heavy atom. The Bertz CT molecular complexity index is 449. The Labute approximate surface area is 102 Å². The van der Waals surface area contributed by atoms with Gasteiger partial charge in [0, 0.05) is 6.20 Å². The van der Waals surface area contributed by atoms with Crippen LogP contribution in [-0.2, 0) is 21.4 Å². The van der Waals surface area contributed by atoms with Gasteiger partial charge in [-0.2, -0.15) is 13.2 Å². The van der Waals surface area contributed by atoms with Crippen LogP contribution in [0.15, 0.2) is 18.3 Å². The van der Waals surface area contributed by atoms with Crippen molar-refractivity contribution >= 4 is 5.97 Å². The van der Waals surface area contributed by atoms with Crippen LogP contribution in [0.1, 0.15) is 24.1 Å². The second-order valence-electron chi connectivity index (χ2n) is 4.38. The third-order valence-electron chi connectivity index (χ3n) is 3.18. The number of carbonyl (C=O) groups is 1. The minimum absolute atomic E-state index is 0.0167. The highest BCUT2D eigenvalue weighted by atomic mass is 19.4. The molecule has 6 heteroatoms. The predicted molar refractivity (Wildman–Crippen MR) is 56.9 cm³/mol. The molecule has 0 amide bonds. The van der Waals surface area contributed by atoms with Crippen LogP contribution in [-0.4, -0.2) is 24.2 Å². The molecule has 0 radical (unpaired) electrons. The largest absolute Gasteiger partial charge is 0.469 e. The van der Waals surface area contributed by atoms with Gasteiger partial charge in [-0.1, -0.05) is 6.07 Å². The van der Waals surface area contributed by atoms with E-state index in [2.05, 4.69) is 9.72 Å². The molecule has 3 nitrogen and oxygen atoms in total. The summed E-state index contributed by atoms with van der Waals surface area (Å²) >= 11 is 0. The number of rotatable bonds is 3. The Kier molecular flexibility index (Phi) is 3.04. The van der Waals surface area contributed by atoms with Crippen molar-refractivity contribution < 1.29 is 22.7 Å². The van der Waals surface area contributed by atoms with Crippen molar-refractivity contribution in [1.29, 1.82) is 0 Å². The zero-order valence-corrected chi connectivity index (χ0v) is 9.75. The first-order valence-electron chi connectivity index (χ1n) is 5.48. The highest BCUT2D eigenvalue weighted by Crippen LogP contribution is 2.58. The molecular weight excluding hydrogens is 247 g/mol. The zero-order chi connectivity index (χ0) is 13.4. The summed E-state index contributed by atoms with van der Waals surface area (Å²) in [7, 11) is 1.26. The summed E-state index contributed by atoms with van der Waals surface area (Å²) in [5.74, 6) is -0.443. The van der Waals surface area contributed by atoms with E-state index in [9.17, 15) is 18.0 Å². The Morgan fingerprint density at radius 2 is 2.11 bits per heavy atom. The molecule has 0 saturated heterocycles. The third-order valence-corrected chi connectivity index (χ3v) is 3.18. The first-order chi connectivity index (χ1) is 8.39. The first kappa shape index (κ1) is 12.9. The summed E-state index contributed by atoms with van der Waals surface area (Å²) in [6, 6.07) is 2.84. The molecule has 1 aliphatic rings. The maximum absolute atomic E-state index is 12.8. The average molecular weight is 259 g/mol. The van der Waals surface area contributed by atoms with Crippen molar-refractivity contribution in [3.8, 4) is 0 Å². The monoisotopic (exact) mass is 259 g/mol. The third kappa shape index (κ3) is 2.19. The van der Waals surface area contributed by atoms with E-state index in [1.165, 1.54) is 25.4 Å². The van der Waals surface area contributed by atoms with E-state index in [1.54, 1.807) is 0 Å². The lowest BCUT2D eigenvalue weighted by Crippen LogP contribution is -2.29. The number of nitrogens with zero attached hydrogens (tertiary/aromatic N) is 1. The summed E-state index contributed by atoms with van der Waals surface area (Å²) in [4.78, 5) is 14.8. The minimum atomic E-state index is -4.26. The molecule has 0 N–H and O–H groups in total. The number of aromatic nitrogens is 1. The van der Waals surface area contributed by atoms with Crippen LogP contribution in [0.3, 0.4) is 0 Å². The van der Waals surface area contributed by atoms with Gasteiger partial charge in [-0.05, 0) is 24.5 Å². The molecule has 0 unspecified atom stereocenters. The van der Waals surface area contributed by atoms with Crippen LogP contribution in [0.25, 0.3) is 0 Å². The zero-order valence-electron chi connectivity index (χ0n) is 9.75. The van der Waals surface area contributed by atoms with Crippen LogP contribution in [0.4, 0.5) is 13.2 Å². The van der Waals surface area contributed by atoms with Crippen LogP contribution in [0, 0.1) is 0 Å². The first-order valence-corrected chi connectivity index (χ1v) is 5.48. The van der Waals surface area contributed by atoms with Gasteiger partial charge in [0.1, 0.15) is 5.41 Å². The molecule has 2 rings (SSSR count). The number of ether oxygens (including phenoxy) is 1. The normalized spacial score (nSPS) is 17.3. The van der Waals surface area contributed by atoms with E-state index in [0.717, 1.165) is 0 Å². The lowest BCUT2D eigenvalue weighted by molar-refractivity contribution is -0.161. The van der Waals surface area contributed by atoms with Gasteiger partial charge in [-0.15, -0.1) is 0 Å². The molecule has 1 fully saturated rings. The van der Waals surface area contributed by atoms with Crippen LogP contribution in [0.2, 0.25) is 0 Å². The molecule has 1 aromatic heterocycles. The van der Waals surface area contributed by atoms with Crippen molar-refractivity contribution in [2.75, 3.05) is 7.11 Å². The summed E-state index contributed by atoms with van der Waals surface area (Å²) < 4.78 is 43.0. The SMILES string of the molecule is COC(=O)Cc1ccc(C2(C(F)(F)F)CC2)nc1. The van der Waals surface area contributed by atoms with Gasteiger partial charge in [0.25, 0.3) is 0 Å². The van der Waals surface area contributed by atoms with Gasteiger partial charge >= 0.3 is 12.1 Å². The van der Waals surface area contributed by atoms with Crippen molar-refractivity contribution in [3.63, 3.8) is 0 Å². The lowest BCUT2D eigenvalue weighted by atomic mass is 10.0. The fourth-order valence-electron chi connectivity index (χ4n) is 1.86. The van der Waals surface area contributed by atoms with E-state index < -0.39 is 17.6 Å². The number of esters is 1. The highest BCUT2D eigenvalue weighted by molar-refractivity contribution is 5.72. The number of alkyl halides is 3. The molecule has 0 atom stereocenters. The predicted octanol–water partition coefficient (Wildman–Crippen LogP) is 2.39. The molecule has 0 spiro atoms. The number of halogens is 3. The fourth-order valence-corrected chi connectivity index (χ4v) is 1.86. The Morgan fingerprint density at radius 1 is 1.44 bits per heavy atom. The summed E-state index contributed by atoms with van der Waals surface area (Å²) in [5.41, 5.74) is -1.19. The summed E-state index contributed by atoms with van der Waals surface area (Å²) in [6.45, 7) is 0. The van der Waals surface area contributed by atoms with Crippen molar-refractivity contribution in [2.45, 2.75) is 30.9 Å². The molecule has 0 bridgehead atoms. The van der Waals surface area contributed by atoms with Gasteiger partial charge in [0.05, 0.1) is 19.2 Å². The Balaban J connectivity index is 2.16. The quantitative estimate of drug-likeness (QED) is 0.782. The number of carbonyl (C=O) groups excluding carboxylic acids is 1. The van der Waals surface area contributed by atoms with Crippen molar-refractivity contribution in [2.24, 2.45) is 0 Å². The summed E-state index contributed by atoms with van der Waals surface area (Å²) in [6.07, 6.45) is -2.77. The number of hydrogen-bond donors (Lipinski definition) is 0. The molecule has 1 saturated carbocycles. The fraction of sp³-hybridized carbons (Fsp3) is 0.500. The van der Waals surface area contributed by atoms with E-state index in [1.807, 2.05) is 0 Å². The number of hydrogen-bond acceptors (Lipinski definition) is 3. The molecule has 1 aromatic rings. The van der Waals surface area contributed by atoms with Crippen molar-refractivity contribution in [1.82, 2.24) is 4.98 Å². The van der Waals surface area contributed by atoms with E-state index in [0.29, 0.717) is 5.56 Å². The molecule has 1 heterocycles. The molecule has 18 heavy (non-hydrogen) atoms. The molecule has 98 valence electrons. The van der Waals surface area contributed by atoms with Gasteiger partial charge in [-0.25, -0.2) is 0 Å². The Hall–Kier alpha value is -1.59. The van der Waals surface area contributed by atoms with Gasteiger partial charge < -0.3 is 4.74 Å². The van der Waals surface area contributed by atoms with E-state index in [4.69, 9.17) is 0 Å². The maximum atomic E-state index is 12.8. The average Bonchev–Trinajstić information content (AvgIpc) is 3.10. The summed E-state index contributed by atoms with van der Waals surface area (Å²) in [5, 5.41) is 0. The number of methoxy groups -OCH3 is 1. The maximum Gasteiger partial charge on any atom is 0.399 e. The van der Waals surface area contributed by atoms with Crippen LogP contribution in [0.5, 0.6) is 0 Å². The topological polar surface area (TPSA) is 39.2 Å². The number of pyridine rings is 1. The minimum Gasteiger partial charge on any atom is -0.469 e. The second-order valence-corrected chi connectivity index (χ2v) is 4.38. The molecule has 1 aliphatic carbocycles. The molecular formula is C12H12F3NO2. The van der Waals surface area contributed by atoms with Crippen LogP contribution >= 0.6 is 0 Å². The van der Waals surface area contributed by atoms with E-state index >= 15 is 0 Å². The second kappa shape index (κ2) is 4.26.